The number of halogens is 1. The summed E-state index contributed by atoms with van der Waals surface area (Å²) in [7, 11) is 0. The Kier molecular flexibility index (Phi) is 4.38. The summed E-state index contributed by atoms with van der Waals surface area (Å²) in [6, 6.07) is 3.85. The highest BCUT2D eigenvalue weighted by Gasteiger charge is 2.29. The van der Waals surface area contributed by atoms with Crippen molar-refractivity contribution >= 4 is 23.4 Å². The lowest BCUT2D eigenvalue weighted by molar-refractivity contribution is 0.0293. The molecule has 0 spiro atoms. The summed E-state index contributed by atoms with van der Waals surface area (Å²) in [6.45, 7) is 6.95. The molecule has 1 atom stereocenters. The Morgan fingerprint density at radius 2 is 2.30 bits per heavy atom. The minimum atomic E-state index is -0.457. The van der Waals surface area contributed by atoms with Gasteiger partial charge in [-0.2, -0.15) is 0 Å². The van der Waals surface area contributed by atoms with Crippen LogP contribution in [0.1, 0.15) is 27.2 Å². The van der Waals surface area contributed by atoms with Crippen LogP contribution in [0.5, 0.6) is 0 Å². The quantitative estimate of drug-likeness (QED) is 0.852. The van der Waals surface area contributed by atoms with Gasteiger partial charge in [-0.15, -0.1) is 0 Å². The van der Waals surface area contributed by atoms with E-state index in [0.717, 1.165) is 12.1 Å². The summed E-state index contributed by atoms with van der Waals surface area (Å²) >= 11 is 5.85. The summed E-state index contributed by atoms with van der Waals surface area (Å²) < 4.78 is 5.37. The largest absolute Gasteiger partial charge is 0.444 e. The number of carbonyl (C=O) groups is 1. The first kappa shape index (κ1) is 14.9. The number of hydrogen-bond acceptors (Lipinski definition) is 4. The van der Waals surface area contributed by atoms with Crippen molar-refractivity contribution in [2.45, 2.75) is 38.8 Å². The number of nitrogens with zero attached hydrogens (tertiary/aromatic N) is 2. The summed E-state index contributed by atoms with van der Waals surface area (Å²) in [4.78, 5) is 17.6. The van der Waals surface area contributed by atoms with E-state index >= 15 is 0 Å². The molecule has 5 nitrogen and oxygen atoms in total. The minimum absolute atomic E-state index is 0.209. The Bertz CT molecular complexity index is 488. The highest BCUT2D eigenvalue weighted by atomic mass is 35.5. The molecule has 1 unspecified atom stereocenters. The molecular formula is C14H20ClN3O2. The molecular weight excluding hydrogens is 278 g/mol. The predicted octanol–water partition coefficient (Wildman–Crippen LogP) is 3.16. The predicted molar refractivity (Wildman–Crippen MR) is 79.1 cm³/mol. The van der Waals surface area contributed by atoms with Crippen molar-refractivity contribution in [2.75, 3.05) is 18.4 Å². The molecule has 0 aliphatic carbocycles. The van der Waals surface area contributed by atoms with Crippen LogP contribution in [0.2, 0.25) is 5.15 Å². The summed E-state index contributed by atoms with van der Waals surface area (Å²) in [5.41, 5.74) is 0.461. The van der Waals surface area contributed by atoms with Crippen molar-refractivity contribution < 1.29 is 9.53 Å². The SMILES string of the molecule is CC(C)(C)OC(=O)N1CCC(Nc2ccnc(Cl)c2)C1. The molecule has 1 aliphatic rings. The minimum Gasteiger partial charge on any atom is -0.444 e. The van der Waals surface area contributed by atoms with Gasteiger partial charge in [-0.3, -0.25) is 0 Å². The van der Waals surface area contributed by atoms with Crippen LogP contribution >= 0.6 is 11.6 Å². The third-order valence-corrected chi connectivity index (χ3v) is 3.14. The molecule has 0 aromatic carbocycles. The molecule has 1 N–H and O–H groups in total. The fraction of sp³-hybridized carbons (Fsp3) is 0.571. The summed E-state index contributed by atoms with van der Waals surface area (Å²) in [5, 5.41) is 3.81. The first-order valence-electron chi connectivity index (χ1n) is 6.69. The van der Waals surface area contributed by atoms with Crippen LogP contribution in [0, 0.1) is 0 Å². The molecule has 0 bridgehead atoms. The van der Waals surface area contributed by atoms with E-state index in [1.54, 1.807) is 17.2 Å². The zero-order valence-electron chi connectivity index (χ0n) is 12.0. The molecule has 2 rings (SSSR count). The van der Waals surface area contributed by atoms with Gasteiger partial charge in [-0.25, -0.2) is 9.78 Å². The van der Waals surface area contributed by atoms with E-state index in [9.17, 15) is 4.79 Å². The molecule has 1 aromatic rings. The van der Waals surface area contributed by atoms with E-state index in [4.69, 9.17) is 16.3 Å². The zero-order valence-corrected chi connectivity index (χ0v) is 12.8. The van der Waals surface area contributed by atoms with Crippen LogP contribution in [0.25, 0.3) is 0 Å². The van der Waals surface area contributed by atoms with Gasteiger partial charge in [0.05, 0.1) is 0 Å². The van der Waals surface area contributed by atoms with Crippen molar-refractivity contribution in [2.24, 2.45) is 0 Å². The van der Waals surface area contributed by atoms with Crippen molar-refractivity contribution in [3.05, 3.63) is 23.5 Å². The number of carbonyl (C=O) groups excluding carboxylic acids is 1. The Balaban J connectivity index is 1.88. The molecule has 6 heteroatoms. The molecule has 1 fully saturated rings. The second-order valence-electron chi connectivity index (χ2n) is 5.92. The molecule has 20 heavy (non-hydrogen) atoms. The van der Waals surface area contributed by atoms with E-state index in [2.05, 4.69) is 10.3 Å². The monoisotopic (exact) mass is 297 g/mol. The summed E-state index contributed by atoms with van der Waals surface area (Å²) in [5.74, 6) is 0. The summed E-state index contributed by atoms with van der Waals surface area (Å²) in [6.07, 6.45) is 2.29. The lowest BCUT2D eigenvalue weighted by Gasteiger charge is -2.24. The number of amides is 1. The van der Waals surface area contributed by atoms with Gasteiger partial charge in [0, 0.05) is 31.0 Å². The first-order chi connectivity index (χ1) is 9.33. The maximum Gasteiger partial charge on any atom is 0.410 e. The van der Waals surface area contributed by atoms with Gasteiger partial charge in [0.25, 0.3) is 0 Å². The number of anilines is 1. The number of aromatic nitrogens is 1. The molecule has 110 valence electrons. The lowest BCUT2D eigenvalue weighted by Crippen LogP contribution is -2.36. The standard InChI is InChI=1S/C14H20ClN3O2/c1-14(2,3)20-13(19)18-7-5-11(9-18)17-10-4-6-16-12(15)8-10/h4,6,8,11H,5,7,9H2,1-3H3,(H,16,17). The third kappa shape index (κ3) is 4.27. The third-order valence-electron chi connectivity index (χ3n) is 2.94. The normalized spacial score (nSPS) is 19.0. The fourth-order valence-corrected chi connectivity index (χ4v) is 2.27. The fourth-order valence-electron chi connectivity index (χ4n) is 2.10. The maximum atomic E-state index is 12.0. The number of hydrogen-bond donors (Lipinski definition) is 1. The maximum absolute atomic E-state index is 12.0. The van der Waals surface area contributed by atoms with Crippen LogP contribution in [0.4, 0.5) is 10.5 Å². The van der Waals surface area contributed by atoms with Crippen LogP contribution in [0.15, 0.2) is 18.3 Å². The van der Waals surface area contributed by atoms with Gasteiger partial charge in [0.15, 0.2) is 0 Å². The number of rotatable bonds is 2. The second-order valence-corrected chi connectivity index (χ2v) is 6.31. The van der Waals surface area contributed by atoms with Crippen molar-refractivity contribution in [1.29, 1.82) is 0 Å². The Morgan fingerprint density at radius 3 is 2.95 bits per heavy atom. The average Bonchev–Trinajstić information content (AvgIpc) is 2.75. The van der Waals surface area contributed by atoms with Gasteiger partial charge in [0.2, 0.25) is 0 Å². The second kappa shape index (κ2) is 5.87. The van der Waals surface area contributed by atoms with Crippen molar-refractivity contribution in [1.82, 2.24) is 9.88 Å². The number of pyridine rings is 1. The molecule has 0 saturated carbocycles. The van der Waals surface area contributed by atoms with Crippen LogP contribution in [-0.4, -0.2) is 40.7 Å². The van der Waals surface area contributed by atoms with Crippen LogP contribution in [-0.2, 0) is 4.74 Å². The zero-order chi connectivity index (χ0) is 14.8. The molecule has 1 aliphatic heterocycles. The van der Waals surface area contributed by atoms with Crippen LogP contribution < -0.4 is 5.32 Å². The average molecular weight is 298 g/mol. The highest BCUT2D eigenvalue weighted by Crippen LogP contribution is 2.19. The van der Waals surface area contributed by atoms with E-state index in [0.29, 0.717) is 18.2 Å². The molecule has 1 aromatic heterocycles. The Hall–Kier alpha value is -1.49. The number of ether oxygens (including phenoxy) is 1. The topological polar surface area (TPSA) is 54.5 Å². The number of likely N-dealkylation sites (tertiary alicyclic amines) is 1. The van der Waals surface area contributed by atoms with E-state index in [-0.39, 0.29) is 12.1 Å². The molecule has 2 heterocycles. The first-order valence-corrected chi connectivity index (χ1v) is 7.07. The van der Waals surface area contributed by atoms with Crippen LogP contribution in [0.3, 0.4) is 0 Å². The van der Waals surface area contributed by atoms with E-state index in [1.165, 1.54) is 0 Å². The molecule has 1 saturated heterocycles. The Morgan fingerprint density at radius 1 is 1.55 bits per heavy atom. The van der Waals surface area contributed by atoms with Gasteiger partial charge < -0.3 is 15.0 Å². The smallest absolute Gasteiger partial charge is 0.410 e. The van der Waals surface area contributed by atoms with Crippen molar-refractivity contribution in [3.63, 3.8) is 0 Å². The van der Waals surface area contributed by atoms with Gasteiger partial charge in [-0.1, -0.05) is 11.6 Å². The van der Waals surface area contributed by atoms with E-state index < -0.39 is 5.60 Å². The number of nitrogens with one attached hydrogen (secondary N) is 1. The Labute approximate surface area is 124 Å². The van der Waals surface area contributed by atoms with E-state index in [1.807, 2.05) is 26.8 Å². The lowest BCUT2D eigenvalue weighted by atomic mass is 10.2. The molecule has 0 radical (unpaired) electrons. The van der Waals surface area contributed by atoms with Gasteiger partial charge in [0.1, 0.15) is 10.8 Å². The van der Waals surface area contributed by atoms with Gasteiger partial charge in [-0.05, 0) is 39.3 Å². The van der Waals surface area contributed by atoms with Crippen molar-refractivity contribution in [3.8, 4) is 0 Å². The van der Waals surface area contributed by atoms with Gasteiger partial charge >= 0.3 is 6.09 Å². The molecule has 1 amide bonds. The highest BCUT2D eigenvalue weighted by molar-refractivity contribution is 6.29.